The number of carbonyl (C=O) groups excluding carboxylic acids is 1. The van der Waals surface area contributed by atoms with Crippen molar-refractivity contribution in [1.29, 1.82) is 0 Å². The monoisotopic (exact) mass is 302 g/mol. The van der Waals surface area contributed by atoms with Crippen LogP contribution in [0.25, 0.3) is 0 Å². The first kappa shape index (κ1) is 14.7. The Hall–Kier alpha value is -2.18. The predicted molar refractivity (Wildman–Crippen MR) is 81.6 cm³/mol. The van der Waals surface area contributed by atoms with Crippen molar-refractivity contribution in [2.75, 3.05) is 13.1 Å². The molecule has 3 heterocycles. The van der Waals surface area contributed by atoms with Crippen molar-refractivity contribution in [1.82, 2.24) is 29.4 Å². The number of hydrogen-bond donors (Lipinski definition) is 0. The molecule has 118 valence electrons. The standard InChI is InChI=1S/C15H22N6O/c1-10-14(8-16-19(10)4)15(22)20-7-5-6-13(9-20)21-12(3)17-11(2)18-21/h8,13H,5-7,9H2,1-4H3/t13-/m0/s1. The molecule has 0 unspecified atom stereocenters. The van der Waals surface area contributed by atoms with Gasteiger partial charge in [0.1, 0.15) is 11.6 Å². The molecule has 1 atom stereocenters. The molecule has 1 aliphatic heterocycles. The van der Waals surface area contributed by atoms with E-state index in [4.69, 9.17) is 0 Å². The minimum absolute atomic E-state index is 0.0600. The van der Waals surface area contributed by atoms with E-state index in [0.717, 1.165) is 36.7 Å². The molecule has 1 amide bonds. The Balaban J connectivity index is 1.80. The third-order valence-corrected chi connectivity index (χ3v) is 4.40. The predicted octanol–water partition coefficient (Wildman–Crippen LogP) is 1.41. The molecule has 0 aliphatic carbocycles. The van der Waals surface area contributed by atoms with E-state index in [1.165, 1.54) is 0 Å². The van der Waals surface area contributed by atoms with E-state index in [9.17, 15) is 4.79 Å². The molecular formula is C15H22N6O. The van der Waals surface area contributed by atoms with Crippen LogP contribution in [0.5, 0.6) is 0 Å². The van der Waals surface area contributed by atoms with Gasteiger partial charge in [-0.3, -0.25) is 9.48 Å². The van der Waals surface area contributed by atoms with Gasteiger partial charge in [-0.1, -0.05) is 0 Å². The average Bonchev–Trinajstić information content (AvgIpc) is 3.01. The number of likely N-dealkylation sites (tertiary alicyclic amines) is 1. The largest absolute Gasteiger partial charge is 0.336 e. The van der Waals surface area contributed by atoms with E-state index in [1.54, 1.807) is 10.9 Å². The lowest BCUT2D eigenvalue weighted by Gasteiger charge is -2.33. The zero-order valence-corrected chi connectivity index (χ0v) is 13.6. The second kappa shape index (κ2) is 5.55. The molecule has 2 aromatic heterocycles. The van der Waals surface area contributed by atoms with E-state index >= 15 is 0 Å². The smallest absolute Gasteiger partial charge is 0.257 e. The van der Waals surface area contributed by atoms with Gasteiger partial charge >= 0.3 is 0 Å². The quantitative estimate of drug-likeness (QED) is 0.841. The number of rotatable bonds is 2. The molecule has 1 aliphatic rings. The second-order valence-corrected chi connectivity index (χ2v) is 5.97. The number of aromatic nitrogens is 5. The third-order valence-electron chi connectivity index (χ3n) is 4.40. The van der Waals surface area contributed by atoms with Gasteiger partial charge in [0, 0.05) is 25.8 Å². The van der Waals surface area contributed by atoms with Crippen LogP contribution in [0.15, 0.2) is 6.20 Å². The molecular weight excluding hydrogens is 280 g/mol. The van der Waals surface area contributed by atoms with E-state index in [-0.39, 0.29) is 11.9 Å². The lowest BCUT2D eigenvalue weighted by atomic mass is 10.0. The molecule has 7 nitrogen and oxygen atoms in total. The number of aryl methyl sites for hydroxylation is 3. The van der Waals surface area contributed by atoms with E-state index in [1.807, 2.05) is 37.4 Å². The van der Waals surface area contributed by atoms with Gasteiger partial charge in [-0.15, -0.1) is 0 Å². The van der Waals surface area contributed by atoms with Gasteiger partial charge in [-0.05, 0) is 33.6 Å². The van der Waals surface area contributed by atoms with Gasteiger partial charge in [0.25, 0.3) is 5.91 Å². The van der Waals surface area contributed by atoms with Gasteiger partial charge in [0.15, 0.2) is 0 Å². The summed E-state index contributed by atoms with van der Waals surface area (Å²) in [7, 11) is 1.85. The van der Waals surface area contributed by atoms with Gasteiger partial charge < -0.3 is 4.90 Å². The molecule has 0 bridgehead atoms. The Kier molecular flexibility index (Phi) is 3.72. The van der Waals surface area contributed by atoms with Crippen molar-refractivity contribution >= 4 is 5.91 Å². The highest BCUT2D eigenvalue weighted by Crippen LogP contribution is 2.24. The number of amides is 1. The summed E-state index contributed by atoms with van der Waals surface area (Å²) in [6, 6.07) is 0.205. The van der Waals surface area contributed by atoms with Crippen molar-refractivity contribution in [3.63, 3.8) is 0 Å². The van der Waals surface area contributed by atoms with Gasteiger partial charge in [-0.25, -0.2) is 9.67 Å². The summed E-state index contributed by atoms with van der Waals surface area (Å²) in [5.74, 6) is 1.75. The molecule has 0 spiro atoms. The molecule has 0 saturated carbocycles. The normalized spacial score (nSPS) is 18.7. The Morgan fingerprint density at radius 3 is 2.68 bits per heavy atom. The van der Waals surface area contributed by atoms with Crippen LogP contribution in [0.4, 0.5) is 0 Å². The number of nitrogens with zero attached hydrogens (tertiary/aromatic N) is 6. The fraction of sp³-hybridized carbons (Fsp3) is 0.600. The average molecular weight is 302 g/mol. The first-order chi connectivity index (χ1) is 10.5. The summed E-state index contributed by atoms with van der Waals surface area (Å²) in [6.45, 7) is 7.25. The minimum atomic E-state index is 0.0600. The maximum atomic E-state index is 12.7. The Morgan fingerprint density at radius 1 is 1.32 bits per heavy atom. The Bertz CT molecular complexity index is 701. The minimum Gasteiger partial charge on any atom is -0.336 e. The molecule has 3 rings (SSSR count). The molecule has 7 heteroatoms. The maximum Gasteiger partial charge on any atom is 0.257 e. The fourth-order valence-electron chi connectivity index (χ4n) is 3.10. The van der Waals surface area contributed by atoms with Gasteiger partial charge in [0.05, 0.1) is 17.8 Å². The van der Waals surface area contributed by atoms with E-state index in [2.05, 4.69) is 15.2 Å². The topological polar surface area (TPSA) is 68.8 Å². The highest BCUT2D eigenvalue weighted by Gasteiger charge is 2.28. The van der Waals surface area contributed by atoms with Crippen LogP contribution in [0, 0.1) is 20.8 Å². The molecule has 22 heavy (non-hydrogen) atoms. The summed E-state index contributed by atoms with van der Waals surface area (Å²) < 4.78 is 3.70. The van der Waals surface area contributed by atoms with Crippen molar-refractivity contribution in [3.05, 3.63) is 29.1 Å². The molecule has 2 aromatic rings. The molecule has 0 aromatic carbocycles. The van der Waals surface area contributed by atoms with Crippen molar-refractivity contribution in [2.24, 2.45) is 7.05 Å². The molecule has 0 N–H and O–H groups in total. The number of carbonyl (C=O) groups is 1. The fourth-order valence-corrected chi connectivity index (χ4v) is 3.10. The highest BCUT2D eigenvalue weighted by atomic mass is 16.2. The van der Waals surface area contributed by atoms with Crippen LogP contribution >= 0.6 is 0 Å². The number of piperidine rings is 1. The summed E-state index contributed by atoms with van der Waals surface area (Å²) in [6.07, 6.45) is 3.67. The number of hydrogen-bond acceptors (Lipinski definition) is 4. The van der Waals surface area contributed by atoms with Crippen LogP contribution in [0.3, 0.4) is 0 Å². The lowest BCUT2D eigenvalue weighted by molar-refractivity contribution is 0.0670. The lowest BCUT2D eigenvalue weighted by Crippen LogP contribution is -2.41. The van der Waals surface area contributed by atoms with Crippen LogP contribution in [0.2, 0.25) is 0 Å². The molecule has 0 radical (unpaired) electrons. The van der Waals surface area contributed by atoms with Gasteiger partial charge in [0.2, 0.25) is 0 Å². The second-order valence-electron chi connectivity index (χ2n) is 5.97. The van der Waals surface area contributed by atoms with Crippen molar-refractivity contribution in [2.45, 2.75) is 39.7 Å². The van der Waals surface area contributed by atoms with E-state index in [0.29, 0.717) is 12.1 Å². The first-order valence-corrected chi connectivity index (χ1v) is 7.65. The summed E-state index contributed by atoms with van der Waals surface area (Å²) in [5.41, 5.74) is 1.59. The summed E-state index contributed by atoms with van der Waals surface area (Å²) >= 11 is 0. The SMILES string of the molecule is Cc1nc(C)n([C@H]2CCCN(C(=O)c3cnn(C)c3C)C2)n1. The highest BCUT2D eigenvalue weighted by molar-refractivity contribution is 5.95. The van der Waals surface area contributed by atoms with Crippen LogP contribution < -0.4 is 0 Å². The summed E-state index contributed by atoms with van der Waals surface area (Å²) in [5, 5.41) is 8.64. The van der Waals surface area contributed by atoms with E-state index < -0.39 is 0 Å². The van der Waals surface area contributed by atoms with Crippen molar-refractivity contribution in [3.8, 4) is 0 Å². The molecule has 1 fully saturated rings. The molecule has 1 saturated heterocycles. The van der Waals surface area contributed by atoms with Gasteiger partial charge in [-0.2, -0.15) is 10.2 Å². The Morgan fingerprint density at radius 2 is 2.09 bits per heavy atom. The summed E-state index contributed by atoms with van der Waals surface area (Å²) in [4.78, 5) is 19.0. The first-order valence-electron chi connectivity index (χ1n) is 7.65. The van der Waals surface area contributed by atoms with Crippen LogP contribution in [-0.4, -0.2) is 48.4 Å². The van der Waals surface area contributed by atoms with Crippen molar-refractivity contribution < 1.29 is 4.79 Å². The third kappa shape index (κ3) is 2.51. The maximum absolute atomic E-state index is 12.7. The van der Waals surface area contributed by atoms with Crippen LogP contribution in [0.1, 0.15) is 46.6 Å². The Labute approximate surface area is 129 Å². The zero-order chi connectivity index (χ0) is 15.9. The van der Waals surface area contributed by atoms with Crippen LogP contribution in [-0.2, 0) is 7.05 Å². The zero-order valence-electron chi connectivity index (χ0n) is 13.6.